The molecule has 1 aromatic heterocycles. The Bertz CT molecular complexity index is 600. The molecule has 2 aliphatic heterocycles. The van der Waals surface area contributed by atoms with Crippen molar-refractivity contribution in [1.29, 1.82) is 0 Å². The largest absolute Gasteiger partial charge is 0.378 e. The fourth-order valence-electron chi connectivity index (χ4n) is 4.43. The highest BCUT2D eigenvalue weighted by atomic mass is 16.5. The van der Waals surface area contributed by atoms with E-state index in [1.165, 1.54) is 43.5 Å². The van der Waals surface area contributed by atoms with E-state index >= 15 is 0 Å². The maximum Gasteiger partial charge on any atom is 0.274 e. The first-order valence-corrected chi connectivity index (χ1v) is 9.36. The first-order valence-electron chi connectivity index (χ1n) is 9.36. The van der Waals surface area contributed by atoms with Gasteiger partial charge in [0.1, 0.15) is 0 Å². The number of amides is 1. The second-order valence-electron chi connectivity index (χ2n) is 7.44. The summed E-state index contributed by atoms with van der Waals surface area (Å²) in [5.41, 5.74) is 3.09. The van der Waals surface area contributed by atoms with Crippen LogP contribution in [0.5, 0.6) is 0 Å². The highest BCUT2D eigenvalue weighted by Crippen LogP contribution is 2.29. The highest BCUT2D eigenvalue weighted by molar-refractivity contribution is 5.94. The van der Waals surface area contributed by atoms with Gasteiger partial charge in [-0.05, 0) is 25.2 Å². The molecule has 24 heavy (non-hydrogen) atoms. The van der Waals surface area contributed by atoms with Gasteiger partial charge in [0.25, 0.3) is 5.91 Å². The van der Waals surface area contributed by atoms with Crippen molar-refractivity contribution in [2.24, 2.45) is 13.0 Å². The van der Waals surface area contributed by atoms with Crippen LogP contribution in [0.15, 0.2) is 0 Å². The predicted molar refractivity (Wildman–Crippen MR) is 90.9 cm³/mol. The number of aromatic nitrogens is 2. The second kappa shape index (κ2) is 6.84. The third-order valence-electron chi connectivity index (χ3n) is 5.82. The Hall–Kier alpha value is -1.40. The normalized spacial score (nSPS) is 22.8. The Kier molecular flexibility index (Phi) is 4.59. The lowest BCUT2D eigenvalue weighted by molar-refractivity contribution is 0.0297. The molecule has 0 bridgehead atoms. The molecular formula is C18H28N4O2. The zero-order valence-electron chi connectivity index (χ0n) is 14.7. The molecule has 0 unspecified atom stereocenters. The quantitative estimate of drug-likeness (QED) is 0.840. The first kappa shape index (κ1) is 16.1. The van der Waals surface area contributed by atoms with Gasteiger partial charge in [0.15, 0.2) is 5.69 Å². The summed E-state index contributed by atoms with van der Waals surface area (Å²) in [4.78, 5) is 17.3. The maximum atomic E-state index is 12.8. The smallest absolute Gasteiger partial charge is 0.274 e. The molecule has 1 saturated carbocycles. The Balaban J connectivity index is 1.48. The number of hydrogen-bond donors (Lipinski definition) is 0. The highest BCUT2D eigenvalue weighted by Gasteiger charge is 2.31. The Labute approximate surface area is 143 Å². The van der Waals surface area contributed by atoms with Gasteiger partial charge < -0.3 is 9.64 Å². The number of hydrogen-bond acceptors (Lipinski definition) is 4. The van der Waals surface area contributed by atoms with Crippen molar-refractivity contribution >= 4 is 5.91 Å². The minimum Gasteiger partial charge on any atom is -0.378 e. The molecule has 6 heteroatoms. The average Bonchev–Trinajstić information content (AvgIpc) is 3.23. The third-order valence-corrected chi connectivity index (χ3v) is 5.82. The van der Waals surface area contributed by atoms with Crippen LogP contribution in [0.25, 0.3) is 0 Å². The van der Waals surface area contributed by atoms with Crippen LogP contribution in [0.1, 0.15) is 47.4 Å². The van der Waals surface area contributed by atoms with Gasteiger partial charge in [-0.15, -0.1) is 0 Å². The molecule has 0 radical (unpaired) electrons. The van der Waals surface area contributed by atoms with Crippen molar-refractivity contribution in [1.82, 2.24) is 19.6 Å². The summed E-state index contributed by atoms with van der Waals surface area (Å²) >= 11 is 0. The van der Waals surface area contributed by atoms with Gasteiger partial charge in [0.05, 0.1) is 18.9 Å². The molecule has 1 saturated heterocycles. The van der Waals surface area contributed by atoms with E-state index in [-0.39, 0.29) is 5.91 Å². The standard InChI is InChI=1S/C18H28N4O2/c1-20-16-13-21(12-14-4-2-3-5-14)7-6-15(16)17(19-20)18(23)22-8-10-24-11-9-22/h14H,2-13H2,1H3. The van der Waals surface area contributed by atoms with E-state index in [1.807, 2.05) is 16.6 Å². The number of aryl methyl sites for hydroxylation is 1. The molecule has 3 aliphatic rings. The molecule has 0 N–H and O–H groups in total. The van der Waals surface area contributed by atoms with Crippen molar-refractivity contribution in [3.05, 3.63) is 17.0 Å². The van der Waals surface area contributed by atoms with Gasteiger partial charge in [-0.25, -0.2) is 0 Å². The van der Waals surface area contributed by atoms with Crippen LogP contribution in [0.2, 0.25) is 0 Å². The van der Waals surface area contributed by atoms with Gasteiger partial charge in [-0.1, -0.05) is 12.8 Å². The van der Waals surface area contributed by atoms with Crippen LogP contribution < -0.4 is 0 Å². The summed E-state index contributed by atoms with van der Waals surface area (Å²) in [7, 11) is 1.98. The van der Waals surface area contributed by atoms with E-state index < -0.39 is 0 Å². The molecule has 2 fully saturated rings. The van der Waals surface area contributed by atoms with E-state index in [0.717, 1.165) is 25.4 Å². The van der Waals surface area contributed by atoms with Crippen LogP contribution in [0.4, 0.5) is 0 Å². The molecule has 0 atom stereocenters. The number of morpholine rings is 1. The van der Waals surface area contributed by atoms with Crippen LogP contribution in [0.3, 0.4) is 0 Å². The lowest BCUT2D eigenvalue weighted by atomic mass is 10.0. The number of carbonyl (C=O) groups is 1. The first-order chi connectivity index (χ1) is 11.7. The number of nitrogens with zero attached hydrogens (tertiary/aromatic N) is 4. The van der Waals surface area contributed by atoms with Crippen LogP contribution in [0, 0.1) is 5.92 Å². The molecule has 1 amide bonds. The van der Waals surface area contributed by atoms with Crippen molar-refractivity contribution in [2.45, 2.75) is 38.6 Å². The molecule has 6 nitrogen and oxygen atoms in total. The molecule has 0 aromatic carbocycles. The summed E-state index contributed by atoms with van der Waals surface area (Å²) in [5, 5.41) is 4.59. The SMILES string of the molecule is Cn1nc(C(=O)N2CCOCC2)c2c1CN(CC1CCCC1)CC2. The summed E-state index contributed by atoms with van der Waals surface area (Å²) in [6, 6.07) is 0. The molecule has 1 aromatic rings. The van der Waals surface area contributed by atoms with E-state index in [4.69, 9.17) is 4.74 Å². The van der Waals surface area contributed by atoms with E-state index in [2.05, 4.69) is 10.00 Å². The number of ether oxygens (including phenoxy) is 1. The van der Waals surface area contributed by atoms with E-state index in [9.17, 15) is 4.79 Å². The molecule has 4 rings (SSSR count). The molecule has 3 heterocycles. The summed E-state index contributed by atoms with van der Waals surface area (Å²) in [5.74, 6) is 0.952. The van der Waals surface area contributed by atoms with E-state index in [1.54, 1.807) is 0 Å². The van der Waals surface area contributed by atoms with Gasteiger partial charge in [0.2, 0.25) is 0 Å². The summed E-state index contributed by atoms with van der Waals surface area (Å²) in [6.07, 6.45) is 6.51. The topological polar surface area (TPSA) is 50.6 Å². The van der Waals surface area contributed by atoms with Gasteiger partial charge >= 0.3 is 0 Å². The number of fused-ring (bicyclic) bond motifs is 1. The molecule has 0 spiro atoms. The lowest BCUT2D eigenvalue weighted by Gasteiger charge is -2.30. The monoisotopic (exact) mass is 332 g/mol. The van der Waals surface area contributed by atoms with Crippen LogP contribution in [-0.4, -0.2) is 64.9 Å². The number of rotatable bonds is 3. The minimum absolute atomic E-state index is 0.0828. The van der Waals surface area contributed by atoms with Crippen molar-refractivity contribution < 1.29 is 9.53 Å². The Morgan fingerprint density at radius 3 is 2.71 bits per heavy atom. The summed E-state index contributed by atoms with van der Waals surface area (Å²) in [6.45, 7) is 5.82. The summed E-state index contributed by atoms with van der Waals surface area (Å²) < 4.78 is 7.29. The molecule has 1 aliphatic carbocycles. The molecule has 132 valence electrons. The number of carbonyl (C=O) groups excluding carboxylic acids is 1. The van der Waals surface area contributed by atoms with Crippen LogP contribution >= 0.6 is 0 Å². The zero-order valence-corrected chi connectivity index (χ0v) is 14.7. The fourth-order valence-corrected chi connectivity index (χ4v) is 4.43. The van der Waals surface area contributed by atoms with Gasteiger partial charge in [-0.2, -0.15) is 5.10 Å². The van der Waals surface area contributed by atoms with Gasteiger partial charge in [-0.3, -0.25) is 14.4 Å². The predicted octanol–water partition coefficient (Wildman–Crippen LogP) is 1.44. The second-order valence-corrected chi connectivity index (χ2v) is 7.44. The van der Waals surface area contributed by atoms with Gasteiger partial charge in [0, 0.05) is 45.3 Å². The van der Waals surface area contributed by atoms with Crippen molar-refractivity contribution in [3.63, 3.8) is 0 Å². The Morgan fingerprint density at radius 1 is 1.21 bits per heavy atom. The minimum atomic E-state index is 0.0828. The zero-order chi connectivity index (χ0) is 16.5. The van der Waals surface area contributed by atoms with Crippen molar-refractivity contribution in [2.75, 3.05) is 39.4 Å². The van der Waals surface area contributed by atoms with E-state index in [0.29, 0.717) is 32.0 Å². The average molecular weight is 332 g/mol. The maximum absolute atomic E-state index is 12.8. The molecular weight excluding hydrogens is 304 g/mol. The third kappa shape index (κ3) is 3.09. The van der Waals surface area contributed by atoms with Crippen LogP contribution in [-0.2, 0) is 24.8 Å². The Morgan fingerprint density at radius 2 is 1.96 bits per heavy atom. The van der Waals surface area contributed by atoms with Crippen molar-refractivity contribution in [3.8, 4) is 0 Å². The fraction of sp³-hybridized carbons (Fsp3) is 0.778. The lowest BCUT2D eigenvalue weighted by Crippen LogP contribution is -2.41.